The van der Waals surface area contributed by atoms with Gasteiger partial charge in [-0.3, -0.25) is 4.79 Å². The molecule has 0 aliphatic carbocycles. The third kappa shape index (κ3) is 6.77. The number of hydrogen-bond acceptors (Lipinski definition) is 4. The number of benzene rings is 3. The van der Waals surface area contributed by atoms with Gasteiger partial charge in [0.1, 0.15) is 6.04 Å². The van der Waals surface area contributed by atoms with Gasteiger partial charge >= 0.3 is 5.97 Å². The molecule has 3 aromatic carbocycles. The van der Waals surface area contributed by atoms with Crippen LogP contribution in [0.4, 0.5) is 0 Å². The van der Waals surface area contributed by atoms with E-state index < -0.39 is 17.9 Å². The van der Waals surface area contributed by atoms with E-state index in [1.54, 1.807) is 0 Å². The van der Waals surface area contributed by atoms with Crippen molar-refractivity contribution in [1.82, 2.24) is 5.32 Å². The number of amides is 1. The van der Waals surface area contributed by atoms with Gasteiger partial charge in [0.25, 0.3) is 0 Å². The molecule has 0 spiro atoms. The Morgan fingerprint density at radius 1 is 1.00 bits per heavy atom. The maximum atomic E-state index is 12.8. The zero-order valence-corrected chi connectivity index (χ0v) is 19.2. The summed E-state index contributed by atoms with van der Waals surface area (Å²) in [6, 6.07) is 21.4. The Morgan fingerprint density at radius 2 is 1.68 bits per heavy atom. The van der Waals surface area contributed by atoms with Crippen LogP contribution in [-0.4, -0.2) is 34.5 Å². The predicted molar refractivity (Wildman–Crippen MR) is 132 cm³/mol. The minimum atomic E-state index is -1.02. The maximum absolute atomic E-state index is 12.8. The fourth-order valence-corrected chi connectivity index (χ4v) is 4.64. The first-order valence-electron chi connectivity index (χ1n) is 10.2. The molecule has 3 aromatic rings. The average Bonchev–Trinajstić information content (AvgIpc) is 2.77. The maximum Gasteiger partial charge on any atom is 0.327 e. The molecule has 162 valence electrons. The summed E-state index contributed by atoms with van der Waals surface area (Å²) in [5.74, 6) is -0.327. The summed E-state index contributed by atoms with van der Waals surface area (Å²) < 4.78 is 0. The van der Waals surface area contributed by atoms with E-state index in [-0.39, 0.29) is 5.91 Å². The van der Waals surface area contributed by atoms with Gasteiger partial charge in [-0.25, -0.2) is 4.79 Å². The summed E-state index contributed by atoms with van der Waals surface area (Å²) in [7, 11) is 0. The number of aryl methyl sites for hydroxylation is 1. The zero-order chi connectivity index (χ0) is 22.2. The highest BCUT2D eigenvalue weighted by Crippen LogP contribution is 2.19. The van der Waals surface area contributed by atoms with Crippen LogP contribution in [0.3, 0.4) is 0 Å². The molecule has 0 aliphatic rings. The van der Waals surface area contributed by atoms with Crippen LogP contribution in [0.25, 0.3) is 10.8 Å². The normalized spacial score (nSPS) is 13.0. The summed E-state index contributed by atoms with van der Waals surface area (Å²) in [4.78, 5) is 24.5. The molecule has 1 amide bonds. The van der Waals surface area contributed by atoms with Crippen molar-refractivity contribution in [3.05, 3.63) is 83.4 Å². The van der Waals surface area contributed by atoms with E-state index >= 15 is 0 Å². The molecular formula is C25H27NO3S2. The minimum Gasteiger partial charge on any atom is -0.480 e. The molecule has 0 saturated carbocycles. The number of fused-ring (bicyclic) bond motifs is 1. The summed E-state index contributed by atoms with van der Waals surface area (Å²) in [5.41, 5.74) is 3.36. The number of hydrogen-bond donors (Lipinski definition) is 3. The lowest BCUT2D eigenvalue weighted by Gasteiger charge is -2.19. The van der Waals surface area contributed by atoms with Crippen molar-refractivity contribution >= 4 is 47.0 Å². The first kappa shape index (κ1) is 23.2. The van der Waals surface area contributed by atoms with E-state index in [1.165, 1.54) is 17.3 Å². The molecule has 2 atom stereocenters. The lowest BCUT2D eigenvalue weighted by atomic mass is 9.97. The molecule has 31 heavy (non-hydrogen) atoms. The SMILES string of the molecule is Cc1ccc(CSC[C@H](NC(=O)[C@H](CS)Cc2ccc3ccccc3c2)C(=O)O)cc1. The lowest BCUT2D eigenvalue weighted by Crippen LogP contribution is -2.46. The van der Waals surface area contributed by atoms with Crippen molar-refractivity contribution in [3.63, 3.8) is 0 Å². The molecule has 0 aromatic heterocycles. The smallest absolute Gasteiger partial charge is 0.327 e. The number of carbonyl (C=O) groups is 2. The van der Waals surface area contributed by atoms with Crippen molar-refractivity contribution in [2.24, 2.45) is 5.92 Å². The lowest BCUT2D eigenvalue weighted by molar-refractivity contribution is -0.141. The van der Waals surface area contributed by atoms with E-state index in [1.807, 2.05) is 67.6 Å². The highest BCUT2D eigenvalue weighted by Gasteiger charge is 2.25. The van der Waals surface area contributed by atoms with Crippen molar-refractivity contribution in [2.75, 3.05) is 11.5 Å². The molecule has 2 N–H and O–H groups in total. The fourth-order valence-electron chi connectivity index (χ4n) is 3.33. The standard InChI is InChI=1S/C25H27NO3S2/c1-17-6-8-18(9-7-17)15-31-16-23(25(28)29)26-24(27)22(14-30)13-19-10-11-20-4-2-3-5-21(20)12-19/h2-12,22-23,30H,13-16H2,1H3,(H,26,27)(H,28,29)/t22-,23-/m0/s1. The number of carbonyl (C=O) groups excluding carboxylic acids is 1. The van der Waals surface area contributed by atoms with Gasteiger partial charge < -0.3 is 10.4 Å². The monoisotopic (exact) mass is 453 g/mol. The van der Waals surface area contributed by atoms with Gasteiger partial charge in [-0.15, -0.1) is 0 Å². The molecule has 0 heterocycles. The fraction of sp³-hybridized carbons (Fsp3) is 0.280. The van der Waals surface area contributed by atoms with Crippen molar-refractivity contribution in [2.45, 2.75) is 25.1 Å². The second-order valence-corrected chi connectivity index (χ2v) is 9.06. The minimum absolute atomic E-state index is 0.272. The highest BCUT2D eigenvalue weighted by molar-refractivity contribution is 7.98. The van der Waals surface area contributed by atoms with E-state index in [2.05, 4.69) is 24.0 Å². The number of carboxylic acid groups (broad SMARTS) is 1. The summed E-state index contributed by atoms with van der Waals surface area (Å²) >= 11 is 5.85. The van der Waals surface area contributed by atoms with Crippen LogP contribution in [0.15, 0.2) is 66.7 Å². The number of rotatable bonds is 10. The van der Waals surface area contributed by atoms with Crippen LogP contribution in [0.2, 0.25) is 0 Å². The average molecular weight is 454 g/mol. The third-order valence-electron chi connectivity index (χ3n) is 5.18. The number of aliphatic carboxylic acids is 1. The van der Waals surface area contributed by atoms with E-state index in [9.17, 15) is 14.7 Å². The van der Waals surface area contributed by atoms with Crippen molar-refractivity contribution in [1.29, 1.82) is 0 Å². The number of thiol groups is 1. The van der Waals surface area contributed by atoms with Crippen LogP contribution in [-0.2, 0) is 21.8 Å². The van der Waals surface area contributed by atoms with Crippen LogP contribution < -0.4 is 5.32 Å². The van der Waals surface area contributed by atoms with Gasteiger partial charge in [0.15, 0.2) is 0 Å². The largest absolute Gasteiger partial charge is 0.480 e. The van der Waals surface area contributed by atoms with Gasteiger partial charge in [-0.2, -0.15) is 24.4 Å². The molecule has 4 nitrogen and oxygen atoms in total. The van der Waals surface area contributed by atoms with Gasteiger partial charge in [-0.05, 0) is 35.2 Å². The van der Waals surface area contributed by atoms with Crippen LogP contribution >= 0.6 is 24.4 Å². The molecule has 0 saturated heterocycles. The highest BCUT2D eigenvalue weighted by atomic mass is 32.2. The van der Waals surface area contributed by atoms with E-state index in [0.717, 1.165) is 21.9 Å². The molecule has 0 unspecified atom stereocenters. The topological polar surface area (TPSA) is 66.4 Å². The van der Waals surface area contributed by atoms with Crippen LogP contribution in [0.5, 0.6) is 0 Å². The summed E-state index contributed by atoms with van der Waals surface area (Å²) in [5, 5.41) is 14.6. The predicted octanol–water partition coefficient (Wildman–Crippen LogP) is 4.74. The second-order valence-electron chi connectivity index (χ2n) is 7.67. The summed E-state index contributed by atoms with van der Waals surface area (Å²) in [6.07, 6.45) is 0.517. The molecule has 0 radical (unpaired) electrons. The Kier molecular flexibility index (Phi) is 8.43. The first-order chi connectivity index (χ1) is 15.0. The van der Waals surface area contributed by atoms with Crippen LogP contribution in [0.1, 0.15) is 16.7 Å². The Labute approximate surface area is 192 Å². The van der Waals surface area contributed by atoms with E-state index in [4.69, 9.17) is 0 Å². The van der Waals surface area contributed by atoms with Gasteiger partial charge in [0, 0.05) is 17.3 Å². The van der Waals surface area contributed by atoms with Gasteiger partial charge in [0.2, 0.25) is 5.91 Å². The molecule has 0 fully saturated rings. The third-order valence-corrected chi connectivity index (χ3v) is 6.72. The number of carboxylic acids is 1. The summed E-state index contributed by atoms with van der Waals surface area (Å²) in [6.45, 7) is 2.03. The van der Waals surface area contributed by atoms with Gasteiger partial charge in [-0.1, -0.05) is 72.3 Å². The molecule has 0 aliphatic heterocycles. The van der Waals surface area contributed by atoms with Gasteiger partial charge in [0.05, 0.1) is 5.92 Å². The first-order valence-corrected chi connectivity index (χ1v) is 12.0. The Morgan fingerprint density at radius 3 is 2.35 bits per heavy atom. The molecule has 6 heteroatoms. The Bertz CT molecular complexity index is 1040. The Hall–Kier alpha value is -2.44. The quantitative estimate of drug-likeness (QED) is 0.388. The second kappa shape index (κ2) is 11.3. The number of thioether (sulfide) groups is 1. The van der Waals surface area contributed by atoms with E-state index in [0.29, 0.717) is 23.7 Å². The molecule has 0 bridgehead atoms. The number of nitrogens with one attached hydrogen (secondary N) is 1. The zero-order valence-electron chi connectivity index (χ0n) is 17.5. The van der Waals surface area contributed by atoms with Crippen LogP contribution in [0, 0.1) is 12.8 Å². The molecular weight excluding hydrogens is 426 g/mol. The van der Waals surface area contributed by atoms with Crippen molar-refractivity contribution in [3.8, 4) is 0 Å². The van der Waals surface area contributed by atoms with Crippen molar-refractivity contribution < 1.29 is 14.7 Å². The Balaban J connectivity index is 1.58. The molecule has 3 rings (SSSR count).